The first-order chi connectivity index (χ1) is 13.6. The Labute approximate surface area is 169 Å². The lowest BCUT2D eigenvalue weighted by molar-refractivity contribution is 0.0617. The second kappa shape index (κ2) is 10.6. The van der Waals surface area contributed by atoms with Crippen LogP contribution in [0.25, 0.3) is 0 Å². The van der Waals surface area contributed by atoms with Crippen LogP contribution in [0.1, 0.15) is 36.0 Å². The molecule has 2 aromatic rings. The van der Waals surface area contributed by atoms with Crippen molar-refractivity contribution in [1.82, 2.24) is 14.8 Å². The molecule has 0 amide bonds. The maximum Gasteiger partial charge on any atom is 0.119 e. The number of likely N-dealkylation sites (tertiary alicyclic amines) is 1. The summed E-state index contributed by atoms with van der Waals surface area (Å²) >= 11 is 0. The molecule has 0 radical (unpaired) electrons. The second-order valence-corrected chi connectivity index (χ2v) is 7.94. The molecule has 5 nitrogen and oxygen atoms in total. The van der Waals surface area contributed by atoms with E-state index in [1.807, 2.05) is 24.5 Å². The van der Waals surface area contributed by atoms with Gasteiger partial charge in [0.15, 0.2) is 0 Å². The average molecular weight is 384 g/mol. The standard InChI is InChI=1S/C23H33N3O2/c1-19-14-24-11-10-21(19)16-25(2)15-20-6-8-23(9-7-20)28-18-22(27)17-26-12-4-3-5-13-26/h6-11,14,22,27H,3-5,12-13,15-18H2,1-2H3. The van der Waals surface area contributed by atoms with Crippen LogP contribution in [0.5, 0.6) is 5.75 Å². The summed E-state index contributed by atoms with van der Waals surface area (Å²) in [6, 6.07) is 10.3. The average Bonchev–Trinajstić information content (AvgIpc) is 2.70. The topological polar surface area (TPSA) is 48.8 Å². The number of aryl methyl sites for hydroxylation is 1. The Bertz CT molecular complexity index is 714. The summed E-state index contributed by atoms with van der Waals surface area (Å²) in [6.07, 6.45) is 7.12. The minimum absolute atomic E-state index is 0.344. The summed E-state index contributed by atoms with van der Waals surface area (Å²) in [5.74, 6) is 0.814. The summed E-state index contributed by atoms with van der Waals surface area (Å²) < 4.78 is 5.78. The fourth-order valence-corrected chi connectivity index (χ4v) is 3.71. The van der Waals surface area contributed by atoms with Crippen molar-refractivity contribution in [2.75, 3.05) is 33.3 Å². The Hall–Kier alpha value is -1.95. The van der Waals surface area contributed by atoms with Crippen molar-refractivity contribution in [3.05, 3.63) is 59.4 Å². The van der Waals surface area contributed by atoms with E-state index in [-0.39, 0.29) is 0 Å². The Balaban J connectivity index is 1.42. The second-order valence-electron chi connectivity index (χ2n) is 7.94. The minimum Gasteiger partial charge on any atom is -0.491 e. The van der Waals surface area contributed by atoms with Gasteiger partial charge in [-0.05, 0) is 74.8 Å². The van der Waals surface area contributed by atoms with Crippen LogP contribution in [-0.4, -0.2) is 59.3 Å². The van der Waals surface area contributed by atoms with Crippen LogP contribution in [0.15, 0.2) is 42.7 Å². The number of benzene rings is 1. The summed E-state index contributed by atoms with van der Waals surface area (Å²) in [6.45, 7) is 7.11. The highest BCUT2D eigenvalue weighted by molar-refractivity contribution is 5.27. The molecule has 0 saturated carbocycles. The number of β-amino-alcohol motifs (C(OH)–C–C–N with tert-alkyl or cyclic N) is 1. The summed E-state index contributed by atoms with van der Waals surface area (Å²) in [5, 5.41) is 10.2. The number of hydrogen-bond donors (Lipinski definition) is 1. The normalized spacial score (nSPS) is 16.3. The lowest BCUT2D eigenvalue weighted by Gasteiger charge is -2.28. The maximum atomic E-state index is 10.2. The number of nitrogens with zero attached hydrogens (tertiary/aromatic N) is 3. The van der Waals surface area contributed by atoms with Crippen LogP contribution in [0.4, 0.5) is 0 Å². The van der Waals surface area contributed by atoms with Gasteiger partial charge in [0.1, 0.15) is 18.5 Å². The van der Waals surface area contributed by atoms with Crippen molar-refractivity contribution in [1.29, 1.82) is 0 Å². The Morgan fingerprint density at radius 2 is 1.86 bits per heavy atom. The van der Waals surface area contributed by atoms with Crippen LogP contribution in [0.3, 0.4) is 0 Å². The molecule has 1 fully saturated rings. The van der Waals surface area contributed by atoms with E-state index in [0.29, 0.717) is 13.2 Å². The lowest BCUT2D eigenvalue weighted by atomic mass is 10.1. The lowest BCUT2D eigenvalue weighted by Crippen LogP contribution is -2.38. The van der Waals surface area contributed by atoms with Crippen LogP contribution in [-0.2, 0) is 13.1 Å². The number of ether oxygens (including phenoxy) is 1. The molecule has 2 heterocycles. The fraction of sp³-hybridized carbons (Fsp3) is 0.522. The summed E-state index contributed by atoms with van der Waals surface area (Å²) in [7, 11) is 2.13. The van der Waals surface area contributed by atoms with Gasteiger partial charge in [-0.15, -0.1) is 0 Å². The number of rotatable bonds is 9. The van der Waals surface area contributed by atoms with E-state index >= 15 is 0 Å². The number of piperidine rings is 1. The monoisotopic (exact) mass is 383 g/mol. The first-order valence-corrected chi connectivity index (χ1v) is 10.3. The molecule has 0 spiro atoms. The van der Waals surface area contributed by atoms with Crippen molar-refractivity contribution < 1.29 is 9.84 Å². The van der Waals surface area contributed by atoms with Crippen LogP contribution < -0.4 is 4.74 Å². The number of aliphatic hydroxyl groups is 1. The molecule has 3 rings (SSSR count). The highest BCUT2D eigenvalue weighted by Gasteiger charge is 2.15. The van der Waals surface area contributed by atoms with E-state index in [0.717, 1.165) is 31.9 Å². The van der Waals surface area contributed by atoms with E-state index in [1.165, 1.54) is 36.0 Å². The van der Waals surface area contributed by atoms with Gasteiger partial charge in [-0.25, -0.2) is 0 Å². The number of aromatic nitrogens is 1. The molecule has 152 valence electrons. The smallest absolute Gasteiger partial charge is 0.119 e. The molecule has 5 heteroatoms. The molecule has 1 atom stereocenters. The van der Waals surface area contributed by atoms with Gasteiger partial charge in [-0.3, -0.25) is 9.88 Å². The van der Waals surface area contributed by atoms with Gasteiger partial charge in [-0.1, -0.05) is 18.6 Å². The molecular formula is C23H33N3O2. The third-order valence-corrected chi connectivity index (χ3v) is 5.31. The van der Waals surface area contributed by atoms with Crippen LogP contribution in [0, 0.1) is 6.92 Å². The predicted octanol–water partition coefficient (Wildman–Crippen LogP) is 3.25. The number of aliphatic hydroxyl groups excluding tert-OH is 1. The van der Waals surface area contributed by atoms with Gasteiger partial charge < -0.3 is 14.7 Å². The van der Waals surface area contributed by atoms with Gasteiger partial charge in [-0.2, -0.15) is 0 Å². The van der Waals surface area contributed by atoms with E-state index in [2.05, 4.69) is 47.0 Å². The molecule has 1 saturated heterocycles. The molecule has 1 N–H and O–H groups in total. The van der Waals surface area contributed by atoms with E-state index in [1.54, 1.807) is 0 Å². The quantitative estimate of drug-likeness (QED) is 0.720. The van der Waals surface area contributed by atoms with Crippen molar-refractivity contribution in [3.63, 3.8) is 0 Å². The minimum atomic E-state index is -0.437. The molecule has 1 aliphatic heterocycles. The highest BCUT2D eigenvalue weighted by atomic mass is 16.5. The summed E-state index contributed by atoms with van der Waals surface area (Å²) in [4.78, 5) is 8.78. The van der Waals surface area contributed by atoms with Crippen LogP contribution in [0.2, 0.25) is 0 Å². The summed E-state index contributed by atoms with van der Waals surface area (Å²) in [5.41, 5.74) is 3.77. The number of hydrogen-bond acceptors (Lipinski definition) is 5. The van der Waals surface area contributed by atoms with Crippen molar-refractivity contribution in [3.8, 4) is 5.75 Å². The molecule has 0 aliphatic carbocycles. The van der Waals surface area contributed by atoms with E-state index in [4.69, 9.17) is 4.74 Å². The Morgan fingerprint density at radius 1 is 1.11 bits per heavy atom. The van der Waals surface area contributed by atoms with E-state index in [9.17, 15) is 5.11 Å². The predicted molar refractivity (Wildman–Crippen MR) is 112 cm³/mol. The largest absolute Gasteiger partial charge is 0.491 e. The van der Waals surface area contributed by atoms with Gasteiger partial charge >= 0.3 is 0 Å². The Kier molecular flexibility index (Phi) is 7.83. The first-order valence-electron chi connectivity index (χ1n) is 10.3. The van der Waals surface area contributed by atoms with Gasteiger partial charge in [0.2, 0.25) is 0 Å². The first kappa shape index (κ1) is 20.8. The Morgan fingerprint density at radius 3 is 2.57 bits per heavy atom. The fourth-order valence-electron chi connectivity index (χ4n) is 3.71. The molecule has 1 unspecified atom stereocenters. The zero-order valence-corrected chi connectivity index (χ0v) is 17.2. The van der Waals surface area contributed by atoms with Gasteiger partial charge in [0, 0.05) is 32.0 Å². The van der Waals surface area contributed by atoms with Gasteiger partial charge in [0.25, 0.3) is 0 Å². The van der Waals surface area contributed by atoms with Crippen molar-refractivity contribution >= 4 is 0 Å². The molecule has 1 aromatic heterocycles. The third kappa shape index (κ3) is 6.59. The maximum absolute atomic E-state index is 10.2. The zero-order chi connectivity index (χ0) is 19.8. The molecule has 1 aliphatic rings. The van der Waals surface area contributed by atoms with E-state index < -0.39 is 6.10 Å². The third-order valence-electron chi connectivity index (χ3n) is 5.31. The van der Waals surface area contributed by atoms with Crippen molar-refractivity contribution in [2.45, 2.75) is 45.4 Å². The van der Waals surface area contributed by atoms with Crippen molar-refractivity contribution in [2.24, 2.45) is 0 Å². The van der Waals surface area contributed by atoms with Crippen LogP contribution >= 0.6 is 0 Å². The zero-order valence-electron chi connectivity index (χ0n) is 17.2. The molecular weight excluding hydrogens is 350 g/mol. The molecule has 0 bridgehead atoms. The number of pyridine rings is 1. The van der Waals surface area contributed by atoms with Gasteiger partial charge in [0.05, 0.1) is 0 Å². The molecule has 28 heavy (non-hydrogen) atoms. The SMILES string of the molecule is Cc1cnccc1CN(C)Cc1ccc(OCC(O)CN2CCCCC2)cc1. The molecule has 1 aromatic carbocycles. The highest BCUT2D eigenvalue weighted by Crippen LogP contribution is 2.16.